The van der Waals surface area contributed by atoms with E-state index < -0.39 is 0 Å². The number of hydrogen-bond acceptors (Lipinski definition) is 3. The van der Waals surface area contributed by atoms with E-state index in [2.05, 4.69) is 15.1 Å². The van der Waals surface area contributed by atoms with Gasteiger partial charge in [0.2, 0.25) is 5.91 Å². The standard InChI is InChI=1S/C18H31N3O.2ClH/c22-18(4-2-14-5-6-19-13-14)21-9-7-20(8-10-21)17-12-15-1-3-16(17)11-15;;/h14-17,19H,1-13H2;2*1H. The van der Waals surface area contributed by atoms with Crippen LogP contribution in [0.2, 0.25) is 0 Å². The maximum atomic E-state index is 12.4. The van der Waals surface area contributed by atoms with Crippen molar-refractivity contribution in [2.75, 3.05) is 39.3 Å². The zero-order valence-corrected chi connectivity index (χ0v) is 16.3. The highest BCUT2D eigenvalue weighted by Crippen LogP contribution is 2.46. The molecule has 4 aliphatic rings. The Morgan fingerprint density at radius 1 is 1.00 bits per heavy atom. The third kappa shape index (κ3) is 4.38. The van der Waals surface area contributed by atoms with Gasteiger partial charge in [-0.05, 0) is 62.9 Å². The summed E-state index contributed by atoms with van der Waals surface area (Å²) < 4.78 is 0. The van der Waals surface area contributed by atoms with Crippen molar-refractivity contribution in [2.45, 2.75) is 51.0 Å². The number of carbonyl (C=O) groups excluding carboxylic acids is 1. The molecule has 1 N–H and O–H groups in total. The van der Waals surface area contributed by atoms with Crippen LogP contribution in [0.25, 0.3) is 0 Å². The second kappa shape index (κ2) is 9.07. The van der Waals surface area contributed by atoms with Crippen LogP contribution >= 0.6 is 24.8 Å². The number of nitrogens with zero attached hydrogens (tertiary/aromatic N) is 2. The first kappa shape index (κ1) is 20.3. The first-order valence-corrected chi connectivity index (χ1v) is 9.52. The summed E-state index contributed by atoms with van der Waals surface area (Å²) in [7, 11) is 0. The van der Waals surface area contributed by atoms with Gasteiger partial charge in [-0.1, -0.05) is 6.42 Å². The Morgan fingerprint density at radius 2 is 1.79 bits per heavy atom. The van der Waals surface area contributed by atoms with E-state index in [0.29, 0.717) is 5.91 Å². The van der Waals surface area contributed by atoms with Gasteiger partial charge in [-0.25, -0.2) is 0 Å². The van der Waals surface area contributed by atoms with E-state index >= 15 is 0 Å². The summed E-state index contributed by atoms with van der Waals surface area (Å²) in [5.41, 5.74) is 0. The topological polar surface area (TPSA) is 35.6 Å². The number of hydrogen-bond donors (Lipinski definition) is 1. The Labute approximate surface area is 158 Å². The zero-order chi connectivity index (χ0) is 14.9. The van der Waals surface area contributed by atoms with Crippen LogP contribution in [-0.2, 0) is 4.79 Å². The Kier molecular flexibility index (Phi) is 7.66. The van der Waals surface area contributed by atoms with E-state index in [-0.39, 0.29) is 24.8 Å². The van der Waals surface area contributed by atoms with Crippen molar-refractivity contribution >= 4 is 30.7 Å². The summed E-state index contributed by atoms with van der Waals surface area (Å²) in [5.74, 6) is 3.13. The smallest absolute Gasteiger partial charge is 0.222 e. The highest BCUT2D eigenvalue weighted by molar-refractivity contribution is 5.85. The molecule has 2 bridgehead atoms. The van der Waals surface area contributed by atoms with Crippen LogP contribution in [0.1, 0.15) is 44.9 Å². The molecule has 24 heavy (non-hydrogen) atoms. The van der Waals surface area contributed by atoms with E-state index in [1.807, 2.05) is 0 Å². The maximum absolute atomic E-state index is 12.4. The molecule has 6 heteroatoms. The molecule has 0 spiro atoms. The lowest BCUT2D eigenvalue weighted by Gasteiger charge is -2.41. The highest BCUT2D eigenvalue weighted by atomic mass is 35.5. The fraction of sp³-hybridized carbons (Fsp3) is 0.944. The Balaban J connectivity index is 0.00000104. The van der Waals surface area contributed by atoms with Crippen molar-refractivity contribution in [1.82, 2.24) is 15.1 Å². The van der Waals surface area contributed by atoms with Gasteiger partial charge in [-0.2, -0.15) is 0 Å². The molecule has 4 fully saturated rings. The van der Waals surface area contributed by atoms with Crippen LogP contribution in [0.4, 0.5) is 0 Å². The van der Waals surface area contributed by atoms with Crippen molar-refractivity contribution in [3.8, 4) is 0 Å². The summed E-state index contributed by atoms with van der Waals surface area (Å²) in [6, 6.07) is 0.848. The highest BCUT2D eigenvalue weighted by Gasteiger charge is 2.42. The Hall–Kier alpha value is -0.0300. The maximum Gasteiger partial charge on any atom is 0.222 e. The van der Waals surface area contributed by atoms with Gasteiger partial charge in [0.25, 0.3) is 0 Å². The van der Waals surface area contributed by atoms with E-state index in [0.717, 1.165) is 75.9 Å². The van der Waals surface area contributed by atoms with Gasteiger partial charge in [0.05, 0.1) is 0 Å². The largest absolute Gasteiger partial charge is 0.340 e. The molecule has 4 unspecified atom stereocenters. The number of carbonyl (C=O) groups is 1. The lowest BCUT2D eigenvalue weighted by molar-refractivity contribution is -0.133. The number of rotatable bonds is 4. The molecular weight excluding hydrogens is 345 g/mol. The van der Waals surface area contributed by atoms with Crippen molar-refractivity contribution < 1.29 is 4.79 Å². The van der Waals surface area contributed by atoms with Gasteiger partial charge in [0.1, 0.15) is 0 Å². The normalized spacial score (nSPS) is 35.6. The molecule has 2 saturated carbocycles. The fourth-order valence-electron chi connectivity index (χ4n) is 5.41. The van der Waals surface area contributed by atoms with E-state index in [9.17, 15) is 4.79 Å². The lowest BCUT2D eigenvalue weighted by Crippen LogP contribution is -2.53. The summed E-state index contributed by atoms with van der Waals surface area (Å²) >= 11 is 0. The van der Waals surface area contributed by atoms with Crippen LogP contribution in [-0.4, -0.2) is 61.0 Å². The van der Waals surface area contributed by atoms with Gasteiger partial charge >= 0.3 is 0 Å². The monoisotopic (exact) mass is 377 g/mol. The van der Waals surface area contributed by atoms with Gasteiger partial charge < -0.3 is 10.2 Å². The molecule has 4 rings (SSSR count). The Bertz CT molecular complexity index is 409. The second-order valence-corrected chi connectivity index (χ2v) is 8.06. The first-order chi connectivity index (χ1) is 10.8. The molecule has 2 aliphatic heterocycles. The third-order valence-electron chi connectivity index (χ3n) is 6.77. The van der Waals surface area contributed by atoms with Crippen LogP contribution in [0.3, 0.4) is 0 Å². The molecule has 0 radical (unpaired) electrons. The summed E-state index contributed by atoms with van der Waals surface area (Å²) in [6.45, 7) is 6.42. The second-order valence-electron chi connectivity index (χ2n) is 8.06. The zero-order valence-electron chi connectivity index (χ0n) is 14.6. The van der Waals surface area contributed by atoms with Gasteiger partial charge in [-0.3, -0.25) is 9.69 Å². The minimum atomic E-state index is 0. The van der Waals surface area contributed by atoms with Crippen molar-refractivity contribution in [1.29, 1.82) is 0 Å². The van der Waals surface area contributed by atoms with Crippen LogP contribution in [0.5, 0.6) is 0 Å². The number of fused-ring (bicyclic) bond motifs is 2. The van der Waals surface area contributed by atoms with Crippen LogP contribution in [0, 0.1) is 17.8 Å². The van der Waals surface area contributed by atoms with Crippen molar-refractivity contribution in [3.63, 3.8) is 0 Å². The molecule has 4 nitrogen and oxygen atoms in total. The molecule has 0 aromatic heterocycles. The molecule has 140 valence electrons. The number of amides is 1. The molecule has 2 saturated heterocycles. The summed E-state index contributed by atoms with van der Waals surface area (Å²) in [5, 5.41) is 3.39. The van der Waals surface area contributed by atoms with Crippen LogP contribution in [0.15, 0.2) is 0 Å². The average molecular weight is 378 g/mol. The molecule has 2 aliphatic carbocycles. The minimum absolute atomic E-state index is 0. The molecule has 0 aromatic rings. The molecule has 2 heterocycles. The SMILES string of the molecule is Cl.Cl.O=C(CCC1CCNC1)N1CCN(C2CC3CCC2C3)CC1. The van der Waals surface area contributed by atoms with Crippen molar-refractivity contribution in [2.24, 2.45) is 17.8 Å². The van der Waals surface area contributed by atoms with Gasteiger partial charge in [0, 0.05) is 38.6 Å². The summed E-state index contributed by atoms with van der Waals surface area (Å²) in [6.07, 6.45) is 8.97. The number of piperazine rings is 1. The number of nitrogens with one attached hydrogen (secondary N) is 1. The third-order valence-corrected chi connectivity index (χ3v) is 6.77. The lowest BCUT2D eigenvalue weighted by atomic mass is 9.93. The van der Waals surface area contributed by atoms with Crippen molar-refractivity contribution in [3.05, 3.63) is 0 Å². The molecule has 0 aromatic carbocycles. The average Bonchev–Trinajstić information content (AvgIpc) is 3.30. The van der Waals surface area contributed by atoms with Gasteiger partial charge in [-0.15, -0.1) is 24.8 Å². The molecule has 1 amide bonds. The van der Waals surface area contributed by atoms with Gasteiger partial charge in [0.15, 0.2) is 0 Å². The fourth-order valence-corrected chi connectivity index (χ4v) is 5.41. The predicted molar refractivity (Wildman–Crippen MR) is 102 cm³/mol. The van der Waals surface area contributed by atoms with E-state index in [1.54, 1.807) is 0 Å². The molecular formula is C18H33Cl2N3O. The number of halogens is 2. The minimum Gasteiger partial charge on any atom is -0.340 e. The summed E-state index contributed by atoms with van der Waals surface area (Å²) in [4.78, 5) is 17.2. The first-order valence-electron chi connectivity index (χ1n) is 9.52. The predicted octanol–water partition coefficient (Wildman–Crippen LogP) is 2.55. The Morgan fingerprint density at radius 3 is 2.38 bits per heavy atom. The quantitative estimate of drug-likeness (QED) is 0.817. The van der Waals surface area contributed by atoms with E-state index in [4.69, 9.17) is 0 Å². The van der Waals surface area contributed by atoms with E-state index in [1.165, 1.54) is 32.1 Å². The molecule has 4 atom stereocenters. The van der Waals surface area contributed by atoms with Crippen LogP contribution < -0.4 is 5.32 Å².